The zero-order chi connectivity index (χ0) is 11.1. The Morgan fingerprint density at radius 1 is 1.60 bits per heavy atom. The fourth-order valence-electron chi connectivity index (χ4n) is 1.01. The third-order valence-electron chi connectivity index (χ3n) is 1.85. The third-order valence-corrected chi connectivity index (χ3v) is 3.85. The lowest BCUT2D eigenvalue weighted by Crippen LogP contribution is -2.04. The van der Waals surface area contributed by atoms with Gasteiger partial charge in [0.2, 0.25) is 0 Å². The monoisotopic (exact) mass is 247 g/mol. The number of anilines is 1. The van der Waals surface area contributed by atoms with Crippen LogP contribution in [0.3, 0.4) is 0 Å². The van der Waals surface area contributed by atoms with Crippen LogP contribution in [-0.2, 0) is 5.75 Å². The van der Waals surface area contributed by atoms with Gasteiger partial charge in [0.1, 0.15) is 10.7 Å². The number of rotatable bonds is 7. The first-order valence-electron chi connectivity index (χ1n) is 5.01. The summed E-state index contributed by atoms with van der Waals surface area (Å²) in [7, 11) is 0. The molecule has 86 valence electrons. The Kier molecular flexibility index (Phi) is 5.97. The van der Waals surface area contributed by atoms with E-state index in [0.717, 1.165) is 28.7 Å². The molecule has 1 rings (SSSR count). The van der Waals surface area contributed by atoms with Crippen LogP contribution in [0.4, 0.5) is 5.00 Å². The van der Waals surface area contributed by atoms with E-state index in [1.165, 1.54) is 11.5 Å². The van der Waals surface area contributed by atoms with Crippen molar-refractivity contribution in [3.8, 4) is 0 Å². The van der Waals surface area contributed by atoms with Gasteiger partial charge in [-0.05, 0) is 18.6 Å². The average molecular weight is 247 g/mol. The van der Waals surface area contributed by atoms with E-state index in [-0.39, 0.29) is 6.61 Å². The van der Waals surface area contributed by atoms with Gasteiger partial charge in [0.05, 0.1) is 0 Å². The molecule has 0 aliphatic carbocycles. The van der Waals surface area contributed by atoms with Gasteiger partial charge in [-0.3, -0.25) is 0 Å². The van der Waals surface area contributed by atoms with Gasteiger partial charge in [0.15, 0.2) is 0 Å². The van der Waals surface area contributed by atoms with Crippen LogP contribution in [0, 0.1) is 5.92 Å². The molecule has 1 aromatic rings. The second-order valence-corrected chi connectivity index (χ2v) is 5.17. The molecule has 0 radical (unpaired) electrons. The molecule has 0 amide bonds. The summed E-state index contributed by atoms with van der Waals surface area (Å²) in [6, 6.07) is 0. The number of nitrogens with zero attached hydrogens (tertiary/aromatic N) is 2. The van der Waals surface area contributed by atoms with E-state index in [1.54, 1.807) is 11.8 Å². The number of aromatic nitrogens is 2. The summed E-state index contributed by atoms with van der Waals surface area (Å²) in [6.07, 6.45) is 0. The van der Waals surface area contributed by atoms with E-state index in [4.69, 9.17) is 5.11 Å². The third kappa shape index (κ3) is 4.36. The lowest BCUT2D eigenvalue weighted by molar-refractivity contribution is 0.250. The molecule has 1 heterocycles. The van der Waals surface area contributed by atoms with Crippen molar-refractivity contribution in [2.75, 3.05) is 24.2 Å². The molecule has 4 nitrogen and oxygen atoms in total. The molecule has 0 aromatic carbocycles. The summed E-state index contributed by atoms with van der Waals surface area (Å²) in [5.41, 5.74) is 1.02. The van der Waals surface area contributed by atoms with Gasteiger partial charge in [-0.1, -0.05) is 11.4 Å². The van der Waals surface area contributed by atoms with Crippen LogP contribution in [-0.4, -0.2) is 33.6 Å². The van der Waals surface area contributed by atoms with E-state index < -0.39 is 0 Å². The zero-order valence-corrected chi connectivity index (χ0v) is 10.7. The lowest BCUT2D eigenvalue weighted by atomic mass is 10.2. The standard InChI is InChI=1S/C9H17N3OS2/c1-3-10-9-8(11-12-15-9)6-14-5-7(2)4-13/h7,10,13H,3-6H2,1-2H3. The minimum Gasteiger partial charge on any atom is -0.396 e. The molecule has 0 aliphatic rings. The number of aliphatic hydroxyl groups is 1. The van der Waals surface area contributed by atoms with Crippen molar-refractivity contribution in [1.82, 2.24) is 9.59 Å². The molecule has 1 aromatic heterocycles. The van der Waals surface area contributed by atoms with Crippen molar-refractivity contribution in [3.05, 3.63) is 5.69 Å². The molecule has 0 saturated heterocycles. The Labute approximate surface area is 98.6 Å². The van der Waals surface area contributed by atoms with Gasteiger partial charge in [-0.25, -0.2) is 0 Å². The van der Waals surface area contributed by atoms with E-state index in [2.05, 4.69) is 21.8 Å². The molecule has 0 aliphatic heterocycles. The van der Waals surface area contributed by atoms with Crippen molar-refractivity contribution >= 4 is 28.3 Å². The Bertz CT molecular complexity index is 280. The summed E-state index contributed by atoms with van der Waals surface area (Å²) in [4.78, 5) is 0. The summed E-state index contributed by atoms with van der Waals surface area (Å²) >= 11 is 3.19. The predicted octanol–water partition coefficient (Wildman–Crippen LogP) is 1.83. The SMILES string of the molecule is CCNc1snnc1CSCC(C)CO. The van der Waals surface area contributed by atoms with Crippen LogP contribution in [0.1, 0.15) is 19.5 Å². The van der Waals surface area contributed by atoms with Crippen molar-refractivity contribution in [2.45, 2.75) is 19.6 Å². The van der Waals surface area contributed by atoms with Crippen molar-refractivity contribution in [2.24, 2.45) is 5.92 Å². The topological polar surface area (TPSA) is 58.0 Å². The number of aliphatic hydroxyl groups excluding tert-OH is 1. The van der Waals surface area contributed by atoms with E-state index in [0.29, 0.717) is 5.92 Å². The van der Waals surface area contributed by atoms with E-state index in [9.17, 15) is 0 Å². The predicted molar refractivity (Wildman–Crippen MR) is 66.5 cm³/mol. The highest BCUT2D eigenvalue weighted by molar-refractivity contribution is 7.98. The smallest absolute Gasteiger partial charge is 0.134 e. The second-order valence-electron chi connectivity index (χ2n) is 3.38. The number of hydrogen-bond acceptors (Lipinski definition) is 6. The van der Waals surface area contributed by atoms with Gasteiger partial charge in [0.25, 0.3) is 0 Å². The maximum atomic E-state index is 8.88. The molecule has 2 N–H and O–H groups in total. The van der Waals surface area contributed by atoms with Crippen LogP contribution in [0.15, 0.2) is 0 Å². The zero-order valence-electron chi connectivity index (χ0n) is 9.06. The van der Waals surface area contributed by atoms with Gasteiger partial charge in [0, 0.05) is 30.4 Å². The molecule has 15 heavy (non-hydrogen) atoms. The molecule has 6 heteroatoms. The molecule has 0 fully saturated rings. The van der Waals surface area contributed by atoms with Crippen LogP contribution in [0.5, 0.6) is 0 Å². The first-order valence-corrected chi connectivity index (χ1v) is 6.94. The normalized spacial score (nSPS) is 12.7. The second kappa shape index (κ2) is 7.03. The molecular weight excluding hydrogens is 230 g/mol. The molecular formula is C9H17N3OS2. The highest BCUT2D eigenvalue weighted by Gasteiger charge is 2.07. The van der Waals surface area contributed by atoms with Gasteiger partial charge < -0.3 is 10.4 Å². The molecule has 1 unspecified atom stereocenters. The fourth-order valence-corrected chi connectivity index (χ4v) is 2.77. The quantitative estimate of drug-likeness (QED) is 0.770. The minimum atomic E-state index is 0.252. The fraction of sp³-hybridized carbons (Fsp3) is 0.778. The van der Waals surface area contributed by atoms with Crippen LogP contribution in [0.2, 0.25) is 0 Å². The van der Waals surface area contributed by atoms with Crippen LogP contribution < -0.4 is 5.32 Å². The lowest BCUT2D eigenvalue weighted by Gasteiger charge is -2.06. The first-order chi connectivity index (χ1) is 7.27. The summed E-state index contributed by atoms with van der Waals surface area (Å²) in [5.74, 6) is 2.17. The van der Waals surface area contributed by atoms with Crippen molar-refractivity contribution < 1.29 is 5.11 Å². The Morgan fingerprint density at radius 2 is 2.40 bits per heavy atom. The number of hydrogen-bond donors (Lipinski definition) is 2. The number of thioether (sulfide) groups is 1. The van der Waals surface area contributed by atoms with E-state index >= 15 is 0 Å². The Morgan fingerprint density at radius 3 is 3.07 bits per heavy atom. The first kappa shape index (κ1) is 12.7. The van der Waals surface area contributed by atoms with E-state index in [1.807, 2.05) is 6.92 Å². The molecule has 1 atom stereocenters. The van der Waals surface area contributed by atoms with Crippen molar-refractivity contribution in [1.29, 1.82) is 0 Å². The Hall–Kier alpha value is -0.330. The summed E-state index contributed by atoms with van der Waals surface area (Å²) in [6.45, 7) is 5.25. The highest BCUT2D eigenvalue weighted by atomic mass is 32.2. The average Bonchev–Trinajstić information content (AvgIpc) is 2.66. The molecule has 0 bridgehead atoms. The summed E-state index contributed by atoms with van der Waals surface area (Å²) in [5, 5.41) is 17.3. The molecule has 0 spiro atoms. The Balaban J connectivity index is 2.33. The minimum absolute atomic E-state index is 0.252. The molecule has 0 saturated carbocycles. The summed E-state index contributed by atoms with van der Waals surface area (Å²) < 4.78 is 3.93. The van der Waals surface area contributed by atoms with Crippen LogP contribution in [0.25, 0.3) is 0 Å². The van der Waals surface area contributed by atoms with Crippen LogP contribution >= 0.6 is 23.3 Å². The highest BCUT2D eigenvalue weighted by Crippen LogP contribution is 2.23. The van der Waals surface area contributed by atoms with Crippen molar-refractivity contribution in [3.63, 3.8) is 0 Å². The maximum absolute atomic E-state index is 8.88. The van der Waals surface area contributed by atoms with Gasteiger partial charge in [-0.2, -0.15) is 11.8 Å². The van der Waals surface area contributed by atoms with Gasteiger partial charge >= 0.3 is 0 Å². The number of nitrogens with one attached hydrogen (secondary N) is 1. The largest absolute Gasteiger partial charge is 0.396 e. The van der Waals surface area contributed by atoms with Gasteiger partial charge in [-0.15, -0.1) is 5.10 Å². The maximum Gasteiger partial charge on any atom is 0.134 e.